The van der Waals surface area contributed by atoms with Crippen LogP contribution in [-0.4, -0.2) is 54.7 Å². The summed E-state index contributed by atoms with van der Waals surface area (Å²) in [5, 5.41) is 4.03. The molecule has 7 heteroatoms. The number of nitrogens with zero attached hydrogens (tertiary/aromatic N) is 3. The molecule has 4 rings (SSSR count). The maximum Gasteiger partial charge on any atom is 0.211 e. The Labute approximate surface area is 126 Å². The number of fused-ring (bicyclic) bond motifs is 4. The summed E-state index contributed by atoms with van der Waals surface area (Å²) in [4.78, 5) is 2.36. The van der Waals surface area contributed by atoms with E-state index in [1.807, 2.05) is 6.07 Å². The van der Waals surface area contributed by atoms with Gasteiger partial charge in [-0.05, 0) is 25.2 Å². The molecular formula is C14H23N3O3S. The zero-order chi connectivity index (χ0) is 15.0. The zero-order valence-corrected chi connectivity index (χ0v) is 13.5. The molecule has 21 heavy (non-hydrogen) atoms. The van der Waals surface area contributed by atoms with Crippen molar-refractivity contribution in [1.29, 1.82) is 0 Å². The van der Waals surface area contributed by atoms with Crippen LogP contribution in [0.1, 0.15) is 31.2 Å². The van der Waals surface area contributed by atoms with Gasteiger partial charge in [-0.1, -0.05) is 12.1 Å². The quantitative estimate of drug-likeness (QED) is 0.832. The van der Waals surface area contributed by atoms with Crippen LogP contribution in [0, 0.1) is 5.92 Å². The van der Waals surface area contributed by atoms with E-state index in [4.69, 9.17) is 4.52 Å². The highest BCUT2D eigenvalue weighted by Gasteiger charge is 2.37. The van der Waals surface area contributed by atoms with E-state index >= 15 is 0 Å². The SMILES string of the molecule is CCc1cc(CN2C[C@@H]3CC[C@H]2CN(S(C)(=O)=O)C3)on1. The predicted molar refractivity (Wildman–Crippen MR) is 79.2 cm³/mol. The van der Waals surface area contributed by atoms with Gasteiger partial charge >= 0.3 is 0 Å². The highest BCUT2D eigenvalue weighted by molar-refractivity contribution is 7.88. The number of piperidine rings is 1. The van der Waals surface area contributed by atoms with E-state index in [2.05, 4.69) is 17.0 Å². The molecule has 1 aromatic heterocycles. The number of rotatable bonds is 4. The Kier molecular flexibility index (Phi) is 4.07. The first-order chi connectivity index (χ1) is 9.95. The van der Waals surface area contributed by atoms with Crippen LogP contribution in [0.25, 0.3) is 0 Å². The monoisotopic (exact) mass is 313 g/mol. The zero-order valence-electron chi connectivity index (χ0n) is 12.7. The van der Waals surface area contributed by atoms with Crippen molar-refractivity contribution in [2.24, 2.45) is 5.92 Å². The van der Waals surface area contributed by atoms with E-state index in [1.165, 1.54) is 6.26 Å². The second-order valence-electron chi connectivity index (χ2n) is 6.24. The number of hydrogen-bond acceptors (Lipinski definition) is 5. The van der Waals surface area contributed by atoms with Crippen molar-refractivity contribution >= 4 is 10.0 Å². The molecule has 3 aliphatic rings. The summed E-state index contributed by atoms with van der Waals surface area (Å²) in [6.07, 6.45) is 4.36. The molecule has 0 aliphatic carbocycles. The number of aryl methyl sites for hydroxylation is 1. The number of sulfonamides is 1. The third-order valence-electron chi connectivity index (χ3n) is 4.59. The number of aromatic nitrogens is 1. The second kappa shape index (κ2) is 5.70. The smallest absolute Gasteiger partial charge is 0.211 e. The van der Waals surface area contributed by atoms with Gasteiger partial charge in [-0.2, -0.15) is 0 Å². The van der Waals surface area contributed by atoms with Crippen molar-refractivity contribution in [2.45, 2.75) is 38.8 Å². The lowest BCUT2D eigenvalue weighted by atomic mass is 9.95. The van der Waals surface area contributed by atoms with Gasteiger partial charge in [0.05, 0.1) is 18.5 Å². The molecule has 3 aliphatic heterocycles. The van der Waals surface area contributed by atoms with Gasteiger partial charge in [-0.25, -0.2) is 12.7 Å². The predicted octanol–water partition coefficient (Wildman–Crippen LogP) is 1.09. The van der Waals surface area contributed by atoms with Crippen molar-refractivity contribution in [3.8, 4) is 0 Å². The first-order valence-corrected chi connectivity index (χ1v) is 9.44. The Balaban J connectivity index is 1.73. The summed E-state index contributed by atoms with van der Waals surface area (Å²) in [6, 6.07) is 2.29. The van der Waals surface area contributed by atoms with Crippen LogP contribution in [0.15, 0.2) is 10.6 Å². The summed E-state index contributed by atoms with van der Waals surface area (Å²) in [7, 11) is -3.10. The van der Waals surface area contributed by atoms with E-state index in [9.17, 15) is 8.42 Å². The Bertz CT molecular complexity index is 598. The van der Waals surface area contributed by atoms with E-state index in [-0.39, 0.29) is 6.04 Å². The minimum Gasteiger partial charge on any atom is -0.360 e. The van der Waals surface area contributed by atoms with Gasteiger partial charge < -0.3 is 4.52 Å². The van der Waals surface area contributed by atoms with Crippen LogP contribution in [0.5, 0.6) is 0 Å². The largest absolute Gasteiger partial charge is 0.360 e. The molecule has 0 radical (unpaired) electrons. The van der Waals surface area contributed by atoms with Crippen LogP contribution in [0.2, 0.25) is 0 Å². The molecule has 3 fully saturated rings. The van der Waals surface area contributed by atoms with Crippen molar-refractivity contribution in [2.75, 3.05) is 25.9 Å². The first-order valence-electron chi connectivity index (χ1n) is 7.59. The molecule has 0 N–H and O–H groups in total. The summed E-state index contributed by atoms with van der Waals surface area (Å²) in [5.41, 5.74) is 0.975. The molecule has 1 aromatic rings. The van der Waals surface area contributed by atoms with Gasteiger partial charge in [0.2, 0.25) is 10.0 Å². The summed E-state index contributed by atoms with van der Waals surface area (Å²) in [5.74, 6) is 1.30. The average Bonchev–Trinajstić information content (AvgIpc) is 2.66. The second-order valence-corrected chi connectivity index (χ2v) is 8.23. The fourth-order valence-corrected chi connectivity index (χ4v) is 4.32. The Hall–Kier alpha value is -0.920. The molecule has 3 saturated heterocycles. The van der Waals surface area contributed by atoms with Gasteiger partial charge in [0.1, 0.15) is 0 Å². The molecule has 0 aromatic carbocycles. The number of hydrogen-bond donors (Lipinski definition) is 0. The van der Waals surface area contributed by atoms with Crippen LogP contribution >= 0.6 is 0 Å². The van der Waals surface area contributed by atoms with E-state index in [0.29, 0.717) is 19.0 Å². The van der Waals surface area contributed by atoms with Gasteiger partial charge in [-0.15, -0.1) is 0 Å². The molecule has 2 bridgehead atoms. The first kappa shape index (κ1) is 15.0. The molecule has 0 unspecified atom stereocenters. The van der Waals surface area contributed by atoms with Crippen LogP contribution in [-0.2, 0) is 23.0 Å². The molecule has 0 amide bonds. The van der Waals surface area contributed by atoms with Gasteiger partial charge in [-0.3, -0.25) is 4.90 Å². The van der Waals surface area contributed by atoms with Crippen LogP contribution < -0.4 is 0 Å². The Morgan fingerprint density at radius 1 is 1.33 bits per heavy atom. The highest BCUT2D eigenvalue weighted by Crippen LogP contribution is 2.30. The Morgan fingerprint density at radius 2 is 2.14 bits per heavy atom. The molecule has 0 saturated carbocycles. The van der Waals surface area contributed by atoms with Gasteiger partial charge in [0.25, 0.3) is 0 Å². The molecule has 2 atom stereocenters. The van der Waals surface area contributed by atoms with Crippen LogP contribution in [0.3, 0.4) is 0 Å². The van der Waals surface area contributed by atoms with Crippen molar-refractivity contribution in [1.82, 2.24) is 14.4 Å². The molecule has 118 valence electrons. The third-order valence-corrected chi connectivity index (χ3v) is 5.83. The third kappa shape index (κ3) is 3.30. The standard InChI is InChI=1S/C14H23N3O3S/c1-3-12-6-14(20-15-12)10-16-7-11-4-5-13(16)9-17(8-11)21(2,18)19/h6,11,13H,3-5,7-10H2,1-2H3/t11-,13-/m0/s1. The lowest BCUT2D eigenvalue weighted by molar-refractivity contribution is 0.113. The fourth-order valence-electron chi connectivity index (χ4n) is 3.40. The van der Waals surface area contributed by atoms with Crippen molar-refractivity contribution in [3.05, 3.63) is 17.5 Å². The molecule has 4 heterocycles. The van der Waals surface area contributed by atoms with Crippen molar-refractivity contribution in [3.63, 3.8) is 0 Å². The van der Waals surface area contributed by atoms with E-state index in [1.54, 1.807) is 4.31 Å². The topological polar surface area (TPSA) is 66.7 Å². The summed E-state index contributed by atoms with van der Waals surface area (Å²) >= 11 is 0. The van der Waals surface area contributed by atoms with Gasteiger partial charge in [0.15, 0.2) is 5.76 Å². The molecular weight excluding hydrogens is 290 g/mol. The normalized spacial score (nSPS) is 27.9. The minimum atomic E-state index is -3.10. The van der Waals surface area contributed by atoms with E-state index in [0.717, 1.165) is 43.8 Å². The fraction of sp³-hybridized carbons (Fsp3) is 0.786. The maximum absolute atomic E-state index is 11.8. The van der Waals surface area contributed by atoms with E-state index < -0.39 is 10.0 Å². The average molecular weight is 313 g/mol. The van der Waals surface area contributed by atoms with Crippen LogP contribution in [0.4, 0.5) is 0 Å². The molecule has 0 spiro atoms. The Morgan fingerprint density at radius 3 is 2.81 bits per heavy atom. The lowest BCUT2D eigenvalue weighted by Gasteiger charge is -2.35. The summed E-state index contributed by atoms with van der Waals surface area (Å²) < 4.78 is 30.7. The van der Waals surface area contributed by atoms with Gasteiger partial charge in [0, 0.05) is 31.7 Å². The summed E-state index contributed by atoms with van der Waals surface area (Å²) in [6.45, 7) is 4.98. The lowest BCUT2D eigenvalue weighted by Crippen LogP contribution is -2.43. The highest BCUT2D eigenvalue weighted by atomic mass is 32.2. The maximum atomic E-state index is 11.8. The van der Waals surface area contributed by atoms with Crippen molar-refractivity contribution < 1.29 is 12.9 Å². The molecule has 6 nitrogen and oxygen atoms in total. The minimum absolute atomic E-state index is 0.286.